The standard InChI is InChI=1S/C17H25NO4/c1-4-10-22-17(21)14-6-5-7-15(11-14)18(12-13(2)3)9-8-16(19)20/h5-7,11,13H,4,8-10,12H2,1-3H3,(H,19,20). The summed E-state index contributed by atoms with van der Waals surface area (Å²) in [6, 6.07) is 7.17. The van der Waals surface area contributed by atoms with Crippen molar-refractivity contribution in [1.29, 1.82) is 0 Å². The van der Waals surface area contributed by atoms with Crippen LogP contribution in [0.1, 0.15) is 44.0 Å². The molecule has 0 aliphatic carbocycles. The van der Waals surface area contributed by atoms with Crippen LogP contribution in [-0.2, 0) is 9.53 Å². The van der Waals surface area contributed by atoms with Crippen molar-refractivity contribution < 1.29 is 19.4 Å². The molecule has 1 N–H and O–H groups in total. The number of carboxylic acids is 1. The number of nitrogens with zero attached hydrogens (tertiary/aromatic N) is 1. The minimum absolute atomic E-state index is 0.0667. The SMILES string of the molecule is CCCOC(=O)c1cccc(N(CCC(=O)O)CC(C)C)c1. The molecule has 0 amide bonds. The highest BCUT2D eigenvalue weighted by atomic mass is 16.5. The van der Waals surface area contributed by atoms with Crippen molar-refractivity contribution in [3.05, 3.63) is 29.8 Å². The van der Waals surface area contributed by atoms with Crippen LogP contribution in [-0.4, -0.2) is 36.7 Å². The third-order valence-electron chi connectivity index (χ3n) is 3.07. The van der Waals surface area contributed by atoms with Gasteiger partial charge < -0.3 is 14.7 Å². The number of rotatable bonds is 9. The number of carboxylic acid groups (broad SMARTS) is 1. The van der Waals surface area contributed by atoms with Crippen LogP contribution in [0, 0.1) is 5.92 Å². The Morgan fingerprint density at radius 3 is 2.64 bits per heavy atom. The van der Waals surface area contributed by atoms with Gasteiger partial charge in [0.15, 0.2) is 0 Å². The highest BCUT2D eigenvalue weighted by Crippen LogP contribution is 2.19. The van der Waals surface area contributed by atoms with Gasteiger partial charge in [0.2, 0.25) is 0 Å². The van der Waals surface area contributed by atoms with Gasteiger partial charge >= 0.3 is 11.9 Å². The molecular weight excluding hydrogens is 282 g/mol. The number of hydrogen-bond donors (Lipinski definition) is 1. The summed E-state index contributed by atoms with van der Waals surface area (Å²) in [6.07, 6.45) is 0.848. The Morgan fingerprint density at radius 2 is 2.05 bits per heavy atom. The predicted molar refractivity (Wildman–Crippen MR) is 86.3 cm³/mol. The second kappa shape index (κ2) is 9.07. The molecule has 1 rings (SSSR count). The summed E-state index contributed by atoms with van der Waals surface area (Å²) in [4.78, 5) is 24.7. The zero-order chi connectivity index (χ0) is 16.5. The third kappa shape index (κ3) is 6.16. The van der Waals surface area contributed by atoms with Gasteiger partial charge in [0.05, 0.1) is 18.6 Å². The van der Waals surface area contributed by atoms with Crippen molar-refractivity contribution in [3.63, 3.8) is 0 Å². The fraction of sp³-hybridized carbons (Fsp3) is 0.529. The Hall–Kier alpha value is -2.04. The average Bonchev–Trinajstić information content (AvgIpc) is 2.48. The number of ether oxygens (including phenoxy) is 1. The van der Waals surface area contributed by atoms with Gasteiger partial charge in [0.25, 0.3) is 0 Å². The van der Waals surface area contributed by atoms with Gasteiger partial charge in [-0.05, 0) is 30.5 Å². The minimum Gasteiger partial charge on any atom is -0.481 e. The summed E-state index contributed by atoms with van der Waals surface area (Å²) in [5.74, 6) is -0.775. The van der Waals surface area contributed by atoms with Gasteiger partial charge in [0.1, 0.15) is 0 Å². The van der Waals surface area contributed by atoms with E-state index in [1.54, 1.807) is 18.2 Å². The molecule has 0 heterocycles. The number of esters is 1. The summed E-state index contributed by atoms with van der Waals surface area (Å²) < 4.78 is 5.14. The lowest BCUT2D eigenvalue weighted by Gasteiger charge is -2.26. The fourth-order valence-corrected chi connectivity index (χ4v) is 2.10. The first-order valence-electron chi connectivity index (χ1n) is 7.68. The van der Waals surface area contributed by atoms with E-state index in [-0.39, 0.29) is 12.4 Å². The highest BCUT2D eigenvalue weighted by molar-refractivity contribution is 5.90. The predicted octanol–water partition coefficient (Wildman–Crippen LogP) is 3.19. The van der Waals surface area contributed by atoms with Gasteiger partial charge in [0, 0.05) is 18.8 Å². The molecule has 0 atom stereocenters. The quantitative estimate of drug-likeness (QED) is 0.710. The van der Waals surface area contributed by atoms with Crippen LogP contribution in [0.25, 0.3) is 0 Å². The molecule has 0 saturated heterocycles. The first kappa shape index (κ1) is 18.0. The summed E-state index contributed by atoms with van der Waals surface area (Å²) >= 11 is 0. The van der Waals surface area contributed by atoms with Crippen LogP contribution in [0.3, 0.4) is 0 Å². The van der Waals surface area contributed by atoms with Crippen molar-refractivity contribution in [2.75, 3.05) is 24.6 Å². The Labute approximate surface area is 131 Å². The monoisotopic (exact) mass is 307 g/mol. The topological polar surface area (TPSA) is 66.8 Å². The Kier molecular flexibility index (Phi) is 7.43. The molecule has 5 nitrogen and oxygen atoms in total. The second-order valence-electron chi connectivity index (χ2n) is 5.67. The number of carbonyl (C=O) groups is 2. The minimum atomic E-state index is -0.827. The fourth-order valence-electron chi connectivity index (χ4n) is 2.10. The molecule has 5 heteroatoms. The van der Waals surface area contributed by atoms with Gasteiger partial charge in [-0.2, -0.15) is 0 Å². The summed E-state index contributed by atoms with van der Waals surface area (Å²) in [7, 11) is 0. The van der Waals surface area contributed by atoms with Gasteiger partial charge in [-0.25, -0.2) is 4.79 Å². The Morgan fingerprint density at radius 1 is 1.32 bits per heavy atom. The van der Waals surface area contributed by atoms with E-state index in [0.29, 0.717) is 24.6 Å². The van der Waals surface area contributed by atoms with Crippen molar-refractivity contribution in [2.45, 2.75) is 33.6 Å². The molecule has 22 heavy (non-hydrogen) atoms. The van der Waals surface area contributed by atoms with Crippen LogP contribution in [0.2, 0.25) is 0 Å². The number of carbonyl (C=O) groups excluding carboxylic acids is 1. The highest BCUT2D eigenvalue weighted by Gasteiger charge is 2.13. The molecule has 1 aromatic rings. The molecule has 0 aliphatic rings. The second-order valence-corrected chi connectivity index (χ2v) is 5.67. The van der Waals surface area contributed by atoms with Crippen molar-refractivity contribution in [2.24, 2.45) is 5.92 Å². The van der Waals surface area contributed by atoms with Crippen molar-refractivity contribution in [3.8, 4) is 0 Å². The van der Waals surface area contributed by atoms with Crippen LogP contribution < -0.4 is 4.90 Å². The van der Waals surface area contributed by atoms with Gasteiger partial charge in [-0.15, -0.1) is 0 Å². The number of benzene rings is 1. The Bertz CT molecular complexity index is 499. The van der Waals surface area contributed by atoms with E-state index in [1.165, 1.54) is 0 Å². The number of hydrogen-bond acceptors (Lipinski definition) is 4. The van der Waals surface area contributed by atoms with E-state index in [2.05, 4.69) is 13.8 Å². The molecule has 0 saturated carbocycles. The van der Waals surface area contributed by atoms with Crippen LogP contribution >= 0.6 is 0 Å². The maximum Gasteiger partial charge on any atom is 0.338 e. The molecule has 0 aliphatic heterocycles. The lowest BCUT2D eigenvalue weighted by molar-refractivity contribution is -0.136. The van der Waals surface area contributed by atoms with Crippen LogP contribution in [0.5, 0.6) is 0 Å². The van der Waals surface area contributed by atoms with E-state index in [9.17, 15) is 9.59 Å². The lowest BCUT2D eigenvalue weighted by Crippen LogP contribution is -2.30. The summed E-state index contributed by atoms with van der Waals surface area (Å²) in [5.41, 5.74) is 1.34. The van der Waals surface area contributed by atoms with Gasteiger partial charge in [-0.3, -0.25) is 4.79 Å². The summed E-state index contributed by atoms with van der Waals surface area (Å²) in [6.45, 7) is 7.65. The zero-order valence-electron chi connectivity index (χ0n) is 13.5. The molecule has 0 aromatic heterocycles. The average molecular weight is 307 g/mol. The molecule has 0 radical (unpaired) electrons. The van der Waals surface area contributed by atoms with Crippen LogP contribution in [0.4, 0.5) is 5.69 Å². The molecule has 0 bridgehead atoms. The van der Waals surface area contributed by atoms with Gasteiger partial charge in [-0.1, -0.05) is 26.8 Å². The maximum absolute atomic E-state index is 11.9. The van der Waals surface area contributed by atoms with E-state index in [4.69, 9.17) is 9.84 Å². The Balaban J connectivity index is 2.89. The van der Waals surface area contributed by atoms with E-state index in [0.717, 1.165) is 18.7 Å². The molecule has 0 fully saturated rings. The molecule has 0 spiro atoms. The largest absolute Gasteiger partial charge is 0.481 e. The number of aliphatic carboxylic acids is 1. The molecular formula is C17H25NO4. The third-order valence-corrected chi connectivity index (χ3v) is 3.07. The summed E-state index contributed by atoms with van der Waals surface area (Å²) in [5, 5.41) is 8.88. The lowest BCUT2D eigenvalue weighted by atomic mass is 10.1. The maximum atomic E-state index is 11.9. The molecule has 0 unspecified atom stereocenters. The smallest absolute Gasteiger partial charge is 0.338 e. The normalized spacial score (nSPS) is 10.5. The zero-order valence-corrected chi connectivity index (χ0v) is 13.5. The van der Waals surface area contributed by atoms with Crippen molar-refractivity contribution >= 4 is 17.6 Å². The number of anilines is 1. The molecule has 122 valence electrons. The van der Waals surface area contributed by atoms with E-state index >= 15 is 0 Å². The first-order chi connectivity index (χ1) is 10.4. The van der Waals surface area contributed by atoms with E-state index in [1.807, 2.05) is 17.9 Å². The van der Waals surface area contributed by atoms with E-state index < -0.39 is 5.97 Å². The first-order valence-corrected chi connectivity index (χ1v) is 7.68. The molecule has 1 aromatic carbocycles. The van der Waals surface area contributed by atoms with Crippen LogP contribution in [0.15, 0.2) is 24.3 Å². The van der Waals surface area contributed by atoms with Crippen molar-refractivity contribution in [1.82, 2.24) is 0 Å².